The molecule has 1 heteroatoms. The van der Waals surface area contributed by atoms with Crippen molar-refractivity contribution >= 4 is 5.57 Å². The smallest absolute Gasteiger partial charge is 0.0704 e. The van der Waals surface area contributed by atoms with Crippen LogP contribution in [0.1, 0.15) is 43.9 Å². The van der Waals surface area contributed by atoms with Crippen LogP contribution in [0, 0.1) is 0 Å². The first-order valence-corrected chi connectivity index (χ1v) is 7.09. The van der Waals surface area contributed by atoms with Gasteiger partial charge in [-0.1, -0.05) is 62.2 Å². The summed E-state index contributed by atoms with van der Waals surface area (Å²) in [6.07, 6.45) is 9.11. The predicted octanol–water partition coefficient (Wildman–Crippen LogP) is 5.09. The first-order valence-electron chi connectivity index (χ1n) is 7.09. The van der Waals surface area contributed by atoms with Gasteiger partial charge < -0.3 is 0 Å². The molecule has 2 aromatic rings. The molecule has 0 atom stereocenters. The lowest BCUT2D eigenvalue weighted by molar-refractivity contribution is 0.729. The van der Waals surface area contributed by atoms with Gasteiger partial charge in [-0.05, 0) is 30.5 Å². The first-order chi connectivity index (χ1) is 9.42. The number of hydrogen-bond acceptors (Lipinski definition) is 1. The van der Waals surface area contributed by atoms with E-state index in [-0.39, 0.29) is 0 Å². The number of nitrogens with zero attached hydrogens (tertiary/aromatic N) is 1. The molecule has 0 bridgehead atoms. The SMILES string of the molecule is CCCCCC=C(c1ccccc1)c1ccccn1. The Kier molecular flexibility index (Phi) is 5.36. The summed E-state index contributed by atoms with van der Waals surface area (Å²) in [6.45, 7) is 2.24. The maximum absolute atomic E-state index is 4.49. The van der Waals surface area contributed by atoms with Crippen molar-refractivity contribution in [3.63, 3.8) is 0 Å². The molecule has 98 valence electrons. The van der Waals surface area contributed by atoms with Gasteiger partial charge in [0.15, 0.2) is 0 Å². The molecule has 0 aliphatic heterocycles. The Labute approximate surface area is 116 Å². The quantitative estimate of drug-likeness (QED) is 0.651. The largest absolute Gasteiger partial charge is 0.256 e. The zero-order valence-corrected chi connectivity index (χ0v) is 11.5. The zero-order chi connectivity index (χ0) is 13.3. The molecule has 19 heavy (non-hydrogen) atoms. The highest BCUT2D eigenvalue weighted by Crippen LogP contribution is 2.22. The molecule has 1 aromatic heterocycles. The summed E-state index contributed by atoms with van der Waals surface area (Å²) in [4.78, 5) is 4.49. The van der Waals surface area contributed by atoms with Gasteiger partial charge in [0.05, 0.1) is 5.69 Å². The summed E-state index contributed by atoms with van der Waals surface area (Å²) in [5.74, 6) is 0. The minimum Gasteiger partial charge on any atom is -0.256 e. The van der Waals surface area contributed by atoms with Crippen LogP contribution in [0.5, 0.6) is 0 Å². The number of hydrogen-bond donors (Lipinski definition) is 0. The Bertz CT molecular complexity index is 458. The summed E-state index contributed by atoms with van der Waals surface area (Å²) in [5.41, 5.74) is 3.56. The summed E-state index contributed by atoms with van der Waals surface area (Å²) in [6, 6.07) is 16.6. The van der Waals surface area contributed by atoms with Crippen LogP contribution in [0.3, 0.4) is 0 Å². The zero-order valence-electron chi connectivity index (χ0n) is 11.5. The van der Waals surface area contributed by atoms with Crippen molar-refractivity contribution in [2.45, 2.75) is 32.6 Å². The standard InChI is InChI=1S/C18H21N/c1-2-3-4-8-13-17(16-11-6-5-7-12-16)18-14-9-10-15-19-18/h5-7,9-15H,2-4,8H2,1H3. The van der Waals surface area contributed by atoms with Crippen molar-refractivity contribution < 1.29 is 0 Å². The minimum atomic E-state index is 1.06. The van der Waals surface area contributed by atoms with Crippen molar-refractivity contribution in [3.05, 3.63) is 72.1 Å². The monoisotopic (exact) mass is 251 g/mol. The molecule has 0 fully saturated rings. The second-order valence-electron chi connectivity index (χ2n) is 4.69. The van der Waals surface area contributed by atoms with Gasteiger partial charge in [0.1, 0.15) is 0 Å². The lowest BCUT2D eigenvalue weighted by Gasteiger charge is -2.07. The second-order valence-corrected chi connectivity index (χ2v) is 4.69. The van der Waals surface area contributed by atoms with E-state index in [9.17, 15) is 0 Å². The number of rotatable bonds is 6. The van der Waals surface area contributed by atoms with Crippen molar-refractivity contribution in [2.75, 3.05) is 0 Å². The first kappa shape index (κ1) is 13.5. The Balaban J connectivity index is 2.24. The van der Waals surface area contributed by atoms with E-state index < -0.39 is 0 Å². The van der Waals surface area contributed by atoms with E-state index >= 15 is 0 Å². The fourth-order valence-corrected chi connectivity index (χ4v) is 2.15. The Hall–Kier alpha value is -1.89. The molecule has 0 amide bonds. The number of pyridine rings is 1. The minimum absolute atomic E-state index is 1.06. The molecular weight excluding hydrogens is 230 g/mol. The van der Waals surface area contributed by atoms with E-state index in [0.29, 0.717) is 0 Å². The molecule has 0 saturated heterocycles. The molecule has 0 unspecified atom stereocenters. The molecule has 2 rings (SSSR count). The molecule has 0 N–H and O–H groups in total. The molecule has 0 aliphatic carbocycles. The van der Waals surface area contributed by atoms with Gasteiger partial charge in [-0.3, -0.25) is 4.98 Å². The molecule has 1 aromatic carbocycles. The molecule has 0 aliphatic rings. The van der Waals surface area contributed by atoms with Gasteiger partial charge in [-0.15, -0.1) is 0 Å². The summed E-state index contributed by atoms with van der Waals surface area (Å²) in [5, 5.41) is 0. The van der Waals surface area contributed by atoms with Crippen molar-refractivity contribution in [1.29, 1.82) is 0 Å². The van der Waals surface area contributed by atoms with Crippen LogP contribution >= 0.6 is 0 Å². The molecule has 0 radical (unpaired) electrons. The molecule has 1 nitrogen and oxygen atoms in total. The second kappa shape index (κ2) is 7.52. The van der Waals surface area contributed by atoms with Crippen LogP contribution in [-0.2, 0) is 0 Å². The van der Waals surface area contributed by atoms with Crippen LogP contribution < -0.4 is 0 Å². The highest BCUT2D eigenvalue weighted by Gasteiger charge is 2.04. The fourth-order valence-electron chi connectivity index (χ4n) is 2.15. The third-order valence-corrected chi connectivity index (χ3v) is 3.18. The van der Waals surface area contributed by atoms with E-state index in [0.717, 1.165) is 12.1 Å². The van der Waals surface area contributed by atoms with E-state index in [2.05, 4.69) is 54.4 Å². The predicted molar refractivity (Wildman–Crippen MR) is 81.9 cm³/mol. The van der Waals surface area contributed by atoms with Gasteiger partial charge in [-0.25, -0.2) is 0 Å². The number of aromatic nitrogens is 1. The normalized spacial score (nSPS) is 11.5. The summed E-state index contributed by atoms with van der Waals surface area (Å²) >= 11 is 0. The van der Waals surface area contributed by atoms with Gasteiger partial charge in [0.2, 0.25) is 0 Å². The number of benzene rings is 1. The van der Waals surface area contributed by atoms with Crippen molar-refractivity contribution in [1.82, 2.24) is 4.98 Å². The lowest BCUT2D eigenvalue weighted by Crippen LogP contribution is -1.91. The van der Waals surface area contributed by atoms with Crippen LogP contribution in [0.4, 0.5) is 0 Å². The van der Waals surface area contributed by atoms with Crippen molar-refractivity contribution in [2.24, 2.45) is 0 Å². The summed E-state index contributed by atoms with van der Waals surface area (Å²) in [7, 11) is 0. The highest BCUT2D eigenvalue weighted by molar-refractivity contribution is 5.77. The maximum atomic E-state index is 4.49. The molecular formula is C18H21N. The van der Waals surface area contributed by atoms with Crippen LogP contribution in [0.25, 0.3) is 5.57 Å². The molecule has 0 saturated carbocycles. The number of unbranched alkanes of at least 4 members (excludes halogenated alkanes) is 3. The van der Waals surface area contributed by atoms with Gasteiger partial charge >= 0.3 is 0 Å². The van der Waals surface area contributed by atoms with Gasteiger partial charge in [0.25, 0.3) is 0 Å². The van der Waals surface area contributed by atoms with E-state index in [1.807, 2.05) is 18.3 Å². The third kappa shape index (κ3) is 4.06. The Morgan fingerprint density at radius 2 is 1.79 bits per heavy atom. The summed E-state index contributed by atoms with van der Waals surface area (Å²) < 4.78 is 0. The Morgan fingerprint density at radius 3 is 2.47 bits per heavy atom. The van der Waals surface area contributed by atoms with E-state index in [1.54, 1.807) is 0 Å². The topological polar surface area (TPSA) is 12.9 Å². The highest BCUT2D eigenvalue weighted by atomic mass is 14.7. The third-order valence-electron chi connectivity index (χ3n) is 3.18. The van der Waals surface area contributed by atoms with Crippen molar-refractivity contribution in [3.8, 4) is 0 Å². The van der Waals surface area contributed by atoms with Crippen LogP contribution in [-0.4, -0.2) is 4.98 Å². The van der Waals surface area contributed by atoms with Crippen LogP contribution in [0.15, 0.2) is 60.8 Å². The van der Waals surface area contributed by atoms with Gasteiger partial charge in [-0.2, -0.15) is 0 Å². The average molecular weight is 251 g/mol. The Morgan fingerprint density at radius 1 is 1.00 bits per heavy atom. The average Bonchev–Trinajstić information content (AvgIpc) is 2.49. The molecule has 1 heterocycles. The lowest BCUT2D eigenvalue weighted by atomic mass is 10.00. The van der Waals surface area contributed by atoms with Crippen LogP contribution in [0.2, 0.25) is 0 Å². The maximum Gasteiger partial charge on any atom is 0.0704 e. The van der Waals surface area contributed by atoms with E-state index in [1.165, 1.54) is 30.4 Å². The molecule has 0 spiro atoms. The number of allylic oxidation sites excluding steroid dienone is 1. The van der Waals surface area contributed by atoms with Gasteiger partial charge in [0, 0.05) is 11.8 Å². The fraction of sp³-hybridized carbons (Fsp3) is 0.278. The van der Waals surface area contributed by atoms with E-state index in [4.69, 9.17) is 0 Å².